The first kappa shape index (κ1) is 17.4. The molecular weight excluding hydrogens is 392 g/mol. The van der Waals surface area contributed by atoms with E-state index < -0.39 is 5.97 Å². The summed E-state index contributed by atoms with van der Waals surface area (Å²) in [5.41, 5.74) is 2.08. The molecule has 0 aliphatic carbocycles. The van der Waals surface area contributed by atoms with Gasteiger partial charge in [-0.15, -0.1) is 22.7 Å². The molecule has 0 spiro atoms. The summed E-state index contributed by atoms with van der Waals surface area (Å²) < 4.78 is 7.16. The summed E-state index contributed by atoms with van der Waals surface area (Å²) in [4.78, 5) is 25.5. The van der Waals surface area contributed by atoms with Crippen LogP contribution in [-0.4, -0.2) is 49.2 Å². The standard InChI is InChI=1S/C20H18N4O2S2/c1-26-20(25)18-21-14-6-12-28-17(14)19(22-18)24-9-7-23(8-10-24)15-3-2-4-16-13(15)5-11-27-16/h2-6,11-12H,7-10H2,1H3. The molecule has 0 amide bonds. The number of anilines is 2. The molecule has 142 valence electrons. The second-order valence-corrected chi connectivity index (χ2v) is 8.44. The minimum atomic E-state index is -0.503. The quantitative estimate of drug-likeness (QED) is 0.476. The molecule has 4 aromatic rings. The highest BCUT2D eigenvalue weighted by Crippen LogP contribution is 2.33. The zero-order chi connectivity index (χ0) is 19.1. The Balaban J connectivity index is 1.43. The minimum absolute atomic E-state index is 0.119. The van der Waals surface area contributed by atoms with Crippen LogP contribution in [0.5, 0.6) is 0 Å². The van der Waals surface area contributed by atoms with Gasteiger partial charge in [0.15, 0.2) is 5.82 Å². The summed E-state index contributed by atoms with van der Waals surface area (Å²) in [5.74, 6) is 0.444. The summed E-state index contributed by atoms with van der Waals surface area (Å²) in [5, 5.41) is 5.45. The Kier molecular flexibility index (Phi) is 4.37. The van der Waals surface area contributed by atoms with E-state index in [1.54, 1.807) is 22.7 Å². The third-order valence-corrected chi connectivity index (χ3v) is 6.83. The number of piperazine rings is 1. The monoisotopic (exact) mass is 410 g/mol. The van der Waals surface area contributed by atoms with Crippen molar-refractivity contribution in [1.82, 2.24) is 9.97 Å². The fourth-order valence-electron chi connectivity index (χ4n) is 3.66. The van der Waals surface area contributed by atoms with Gasteiger partial charge < -0.3 is 14.5 Å². The fraction of sp³-hybridized carbons (Fsp3) is 0.250. The normalized spacial score (nSPS) is 14.8. The number of ether oxygens (including phenoxy) is 1. The first-order valence-electron chi connectivity index (χ1n) is 9.04. The lowest BCUT2D eigenvalue weighted by atomic mass is 10.2. The van der Waals surface area contributed by atoms with E-state index in [0.717, 1.165) is 42.2 Å². The number of aromatic nitrogens is 2. The molecule has 1 fully saturated rings. The Bertz CT molecular complexity index is 1160. The second-order valence-electron chi connectivity index (χ2n) is 6.58. The maximum atomic E-state index is 12.0. The van der Waals surface area contributed by atoms with E-state index in [0.29, 0.717) is 0 Å². The van der Waals surface area contributed by atoms with Crippen molar-refractivity contribution >= 4 is 60.5 Å². The maximum absolute atomic E-state index is 12.0. The van der Waals surface area contributed by atoms with E-state index >= 15 is 0 Å². The molecule has 0 atom stereocenters. The molecule has 5 rings (SSSR count). The highest BCUT2D eigenvalue weighted by molar-refractivity contribution is 7.17. The number of esters is 1. The summed E-state index contributed by atoms with van der Waals surface area (Å²) >= 11 is 3.38. The van der Waals surface area contributed by atoms with Crippen LogP contribution in [0.2, 0.25) is 0 Å². The molecule has 1 aliphatic rings. The molecule has 4 heterocycles. The Morgan fingerprint density at radius 3 is 2.61 bits per heavy atom. The topological polar surface area (TPSA) is 58.6 Å². The number of hydrogen-bond donors (Lipinski definition) is 0. The summed E-state index contributed by atoms with van der Waals surface area (Å²) in [6.45, 7) is 3.48. The van der Waals surface area contributed by atoms with E-state index in [9.17, 15) is 4.79 Å². The molecule has 6 nitrogen and oxygen atoms in total. The molecule has 28 heavy (non-hydrogen) atoms. The number of methoxy groups -OCH3 is 1. The maximum Gasteiger partial charge on any atom is 0.376 e. The summed E-state index contributed by atoms with van der Waals surface area (Å²) in [6.07, 6.45) is 0. The van der Waals surface area contributed by atoms with Crippen molar-refractivity contribution in [3.05, 3.63) is 46.9 Å². The number of fused-ring (bicyclic) bond motifs is 2. The van der Waals surface area contributed by atoms with Gasteiger partial charge in [-0.25, -0.2) is 14.8 Å². The predicted molar refractivity (Wildman–Crippen MR) is 115 cm³/mol. The van der Waals surface area contributed by atoms with Crippen LogP contribution in [0.25, 0.3) is 20.3 Å². The van der Waals surface area contributed by atoms with Crippen LogP contribution in [0.1, 0.15) is 10.6 Å². The Morgan fingerprint density at radius 1 is 1.00 bits per heavy atom. The zero-order valence-corrected chi connectivity index (χ0v) is 16.9. The van der Waals surface area contributed by atoms with Crippen LogP contribution in [0, 0.1) is 0 Å². The SMILES string of the molecule is COC(=O)c1nc(N2CCN(c3cccc4sccc34)CC2)c2sccc2n1. The molecule has 0 saturated carbocycles. The summed E-state index contributed by atoms with van der Waals surface area (Å²) in [7, 11) is 1.35. The van der Waals surface area contributed by atoms with Crippen LogP contribution >= 0.6 is 22.7 Å². The van der Waals surface area contributed by atoms with Crippen molar-refractivity contribution in [3.63, 3.8) is 0 Å². The van der Waals surface area contributed by atoms with Crippen molar-refractivity contribution in [2.45, 2.75) is 0 Å². The average Bonchev–Trinajstić information content (AvgIpc) is 3.41. The number of carbonyl (C=O) groups excluding carboxylic acids is 1. The number of rotatable bonds is 3. The van der Waals surface area contributed by atoms with Crippen molar-refractivity contribution in [2.24, 2.45) is 0 Å². The van der Waals surface area contributed by atoms with Gasteiger partial charge in [-0.2, -0.15) is 0 Å². The molecule has 3 aromatic heterocycles. The molecule has 8 heteroatoms. The van der Waals surface area contributed by atoms with Gasteiger partial charge in [-0.3, -0.25) is 0 Å². The van der Waals surface area contributed by atoms with Crippen molar-refractivity contribution in [3.8, 4) is 0 Å². The first-order chi connectivity index (χ1) is 13.7. The van der Waals surface area contributed by atoms with Gasteiger partial charge in [-0.1, -0.05) is 6.07 Å². The molecule has 0 radical (unpaired) electrons. The smallest absolute Gasteiger partial charge is 0.376 e. The predicted octanol–water partition coefficient (Wildman–Crippen LogP) is 4.02. The van der Waals surface area contributed by atoms with E-state index in [-0.39, 0.29) is 5.82 Å². The van der Waals surface area contributed by atoms with Gasteiger partial charge in [0.2, 0.25) is 5.82 Å². The third-order valence-electron chi connectivity index (χ3n) is 5.05. The number of benzene rings is 1. The van der Waals surface area contributed by atoms with E-state index in [2.05, 4.69) is 49.4 Å². The number of hydrogen-bond acceptors (Lipinski definition) is 8. The lowest BCUT2D eigenvalue weighted by Gasteiger charge is -2.37. The molecular formula is C20H18N4O2S2. The highest BCUT2D eigenvalue weighted by Gasteiger charge is 2.24. The average molecular weight is 411 g/mol. The fourth-order valence-corrected chi connectivity index (χ4v) is 5.31. The first-order valence-corrected chi connectivity index (χ1v) is 10.8. The van der Waals surface area contributed by atoms with Gasteiger partial charge in [0.05, 0.1) is 17.3 Å². The Hall–Kier alpha value is -2.71. The van der Waals surface area contributed by atoms with Crippen molar-refractivity contribution < 1.29 is 9.53 Å². The Morgan fingerprint density at radius 2 is 1.79 bits per heavy atom. The molecule has 1 aliphatic heterocycles. The summed E-state index contributed by atoms with van der Waals surface area (Å²) in [6, 6.07) is 10.6. The molecule has 1 aromatic carbocycles. The third kappa shape index (κ3) is 2.89. The van der Waals surface area contributed by atoms with Crippen LogP contribution in [0.15, 0.2) is 41.1 Å². The van der Waals surface area contributed by atoms with Crippen molar-refractivity contribution in [2.75, 3.05) is 43.1 Å². The van der Waals surface area contributed by atoms with Crippen LogP contribution in [-0.2, 0) is 4.74 Å². The molecule has 0 N–H and O–H groups in total. The van der Waals surface area contributed by atoms with Crippen LogP contribution < -0.4 is 9.80 Å². The lowest BCUT2D eigenvalue weighted by molar-refractivity contribution is 0.0587. The van der Waals surface area contributed by atoms with Crippen LogP contribution in [0.3, 0.4) is 0 Å². The van der Waals surface area contributed by atoms with Gasteiger partial charge in [0.1, 0.15) is 0 Å². The zero-order valence-electron chi connectivity index (χ0n) is 15.3. The number of nitrogens with zero attached hydrogens (tertiary/aromatic N) is 4. The van der Waals surface area contributed by atoms with Gasteiger partial charge in [0, 0.05) is 42.0 Å². The van der Waals surface area contributed by atoms with Gasteiger partial charge >= 0.3 is 5.97 Å². The number of thiophene rings is 2. The van der Waals surface area contributed by atoms with E-state index in [1.165, 1.54) is 22.9 Å². The van der Waals surface area contributed by atoms with Crippen LogP contribution in [0.4, 0.5) is 11.5 Å². The molecule has 0 unspecified atom stereocenters. The van der Waals surface area contributed by atoms with E-state index in [1.807, 2.05) is 11.4 Å². The van der Waals surface area contributed by atoms with E-state index in [4.69, 9.17) is 4.74 Å². The molecule has 1 saturated heterocycles. The second kappa shape index (κ2) is 7.03. The molecule has 0 bridgehead atoms. The lowest BCUT2D eigenvalue weighted by Crippen LogP contribution is -2.47. The Labute approximate surface area is 170 Å². The number of carbonyl (C=O) groups is 1. The highest BCUT2D eigenvalue weighted by atomic mass is 32.1. The largest absolute Gasteiger partial charge is 0.463 e. The minimum Gasteiger partial charge on any atom is -0.463 e. The van der Waals surface area contributed by atoms with Crippen molar-refractivity contribution in [1.29, 1.82) is 0 Å². The van der Waals surface area contributed by atoms with Gasteiger partial charge in [0.25, 0.3) is 0 Å². The van der Waals surface area contributed by atoms with Gasteiger partial charge in [-0.05, 0) is 35.0 Å².